The van der Waals surface area contributed by atoms with Gasteiger partial charge in [0.05, 0.1) is 17.9 Å². The predicted molar refractivity (Wildman–Crippen MR) is 73.5 cm³/mol. The standard InChI is InChI=1S/C15H17NO4/c1-10(2)7-8-20-13(17)9-16-12-6-4-3-5-11(12)14(18)15(16)19/h3-6,10H,7-9H2,1-2H3. The van der Waals surface area contributed by atoms with Gasteiger partial charge in [-0.1, -0.05) is 26.0 Å². The zero-order valence-corrected chi connectivity index (χ0v) is 11.6. The van der Waals surface area contributed by atoms with Crippen LogP contribution in [0.4, 0.5) is 5.69 Å². The van der Waals surface area contributed by atoms with Gasteiger partial charge in [0.2, 0.25) is 0 Å². The normalized spacial score (nSPS) is 13.8. The molecule has 0 fully saturated rings. The molecule has 0 aromatic heterocycles. The first-order valence-electron chi connectivity index (χ1n) is 6.61. The number of fused-ring (bicyclic) bond motifs is 1. The minimum absolute atomic E-state index is 0.223. The van der Waals surface area contributed by atoms with Crippen LogP contribution in [0.25, 0.3) is 0 Å². The summed E-state index contributed by atoms with van der Waals surface area (Å²) >= 11 is 0. The quantitative estimate of drug-likeness (QED) is 0.607. The first kappa shape index (κ1) is 14.2. The third kappa shape index (κ3) is 2.87. The van der Waals surface area contributed by atoms with E-state index in [1.54, 1.807) is 24.3 Å². The lowest BCUT2D eigenvalue weighted by atomic mass is 10.1. The van der Waals surface area contributed by atoms with Crippen molar-refractivity contribution in [3.8, 4) is 0 Å². The number of esters is 1. The number of carbonyl (C=O) groups is 3. The molecule has 0 bridgehead atoms. The summed E-state index contributed by atoms with van der Waals surface area (Å²) < 4.78 is 5.07. The smallest absolute Gasteiger partial charge is 0.326 e. The highest BCUT2D eigenvalue weighted by Crippen LogP contribution is 2.28. The fourth-order valence-electron chi connectivity index (χ4n) is 1.99. The molecule has 0 unspecified atom stereocenters. The molecule has 0 saturated heterocycles. The first-order valence-corrected chi connectivity index (χ1v) is 6.61. The Bertz CT molecular complexity index is 551. The van der Waals surface area contributed by atoms with Crippen molar-refractivity contribution in [3.63, 3.8) is 0 Å². The zero-order valence-electron chi connectivity index (χ0n) is 11.6. The fraction of sp³-hybridized carbons (Fsp3) is 0.400. The van der Waals surface area contributed by atoms with Crippen LogP contribution in [0.1, 0.15) is 30.6 Å². The first-order chi connectivity index (χ1) is 9.50. The molecule has 0 saturated carbocycles. The summed E-state index contributed by atoms with van der Waals surface area (Å²) in [5, 5.41) is 0. The summed E-state index contributed by atoms with van der Waals surface area (Å²) in [5.41, 5.74) is 0.816. The van der Waals surface area contributed by atoms with Crippen molar-refractivity contribution in [2.45, 2.75) is 20.3 Å². The number of nitrogens with zero attached hydrogens (tertiary/aromatic N) is 1. The monoisotopic (exact) mass is 275 g/mol. The van der Waals surface area contributed by atoms with E-state index >= 15 is 0 Å². The molecule has 0 atom stereocenters. The maximum atomic E-state index is 11.8. The Hall–Kier alpha value is -2.17. The van der Waals surface area contributed by atoms with Crippen LogP contribution in [0.5, 0.6) is 0 Å². The van der Waals surface area contributed by atoms with Crippen molar-refractivity contribution in [1.29, 1.82) is 0 Å². The molecule has 0 N–H and O–H groups in total. The highest BCUT2D eigenvalue weighted by Gasteiger charge is 2.36. The summed E-state index contributed by atoms with van der Waals surface area (Å²) in [6, 6.07) is 6.65. The summed E-state index contributed by atoms with van der Waals surface area (Å²) in [7, 11) is 0. The molecule has 5 heteroatoms. The third-order valence-electron chi connectivity index (χ3n) is 3.12. The molecule has 1 aromatic carbocycles. The summed E-state index contributed by atoms with van der Waals surface area (Å²) in [6.07, 6.45) is 0.773. The maximum absolute atomic E-state index is 11.8. The molecule has 0 aliphatic carbocycles. The highest BCUT2D eigenvalue weighted by molar-refractivity contribution is 6.52. The van der Waals surface area contributed by atoms with Gasteiger partial charge in [0.25, 0.3) is 11.7 Å². The molecule has 0 radical (unpaired) electrons. The average molecular weight is 275 g/mol. The molecule has 20 heavy (non-hydrogen) atoms. The number of anilines is 1. The van der Waals surface area contributed by atoms with Gasteiger partial charge in [0.15, 0.2) is 0 Å². The van der Waals surface area contributed by atoms with Crippen LogP contribution >= 0.6 is 0 Å². The van der Waals surface area contributed by atoms with Gasteiger partial charge in [-0.2, -0.15) is 0 Å². The molecule has 1 amide bonds. The van der Waals surface area contributed by atoms with Gasteiger partial charge in [-0.15, -0.1) is 0 Å². The Kier molecular flexibility index (Phi) is 4.17. The third-order valence-corrected chi connectivity index (χ3v) is 3.12. The van der Waals surface area contributed by atoms with Crippen molar-refractivity contribution in [3.05, 3.63) is 29.8 Å². The van der Waals surface area contributed by atoms with Crippen LogP contribution in [0.2, 0.25) is 0 Å². The van der Waals surface area contributed by atoms with Crippen molar-refractivity contribution in [2.24, 2.45) is 5.92 Å². The molecular formula is C15H17NO4. The largest absolute Gasteiger partial charge is 0.464 e. The molecule has 1 aromatic rings. The number of Topliss-reactive ketones (excluding diaryl/α,β-unsaturated/α-hetero) is 1. The molecular weight excluding hydrogens is 258 g/mol. The van der Waals surface area contributed by atoms with E-state index in [0.29, 0.717) is 23.8 Å². The van der Waals surface area contributed by atoms with Crippen molar-refractivity contribution in [2.75, 3.05) is 18.1 Å². The second-order valence-electron chi connectivity index (χ2n) is 5.14. The Morgan fingerprint density at radius 3 is 2.65 bits per heavy atom. The van der Waals surface area contributed by atoms with E-state index < -0.39 is 17.7 Å². The van der Waals surface area contributed by atoms with Gasteiger partial charge < -0.3 is 4.74 Å². The van der Waals surface area contributed by atoms with E-state index in [9.17, 15) is 14.4 Å². The summed E-state index contributed by atoms with van der Waals surface area (Å²) in [6.45, 7) is 4.17. The number of rotatable bonds is 5. The van der Waals surface area contributed by atoms with Crippen LogP contribution in [0.3, 0.4) is 0 Å². The average Bonchev–Trinajstić information content (AvgIpc) is 2.64. The molecule has 2 rings (SSSR count). The Balaban J connectivity index is 2.01. The Labute approximate surface area is 117 Å². The van der Waals surface area contributed by atoms with Crippen LogP contribution in [-0.2, 0) is 14.3 Å². The molecule has 1 aliphatic heterocycles. The van der Waals surface area contributed by atoms with Gasteiger partial charge in [-0.25, -0.2) is 0 Å². The molecule has 5 nitrogen and oxygen atoms in total. The number of hydrogen-bond acceptors (Lipinski definition) is 4. The lowest BCUT2D eigenvalue weighted by Crippen LogP contribution is -2.35. The van der Waals surface area contributed by atoms with E-state index in [2.05, 4.69) is 0 Å². The van der Waals surface area contributed by atoms with E-state index in [4.69, 9.17) is 4.74 Å². The van der Waals surface area contributed by atoms with Gasteiger partial charge in [0, 0.05) is 0 Å². The van der Waals surface area contributed by atoms with Crippen LogP contribution in [0.15, 0.2) is 24.3 Å². The number of carbonyl (C=O) groups excluding carboxylic acids is 3. The second kappa shape index (κ2) is 5.86. The molecule has 1 heterocycles. The number of hydrogen-bond donors (Lipinski definition) is 0. The van der Waals surface area contributed by atoms with Crippen molar-refractivity contribution in [1.82, 2.24) is 0 Å². The SMILES string of the molecule is CC(C)CCOC(=O)CN1C(=O)C(=O)c2ccccc21. The van der Waals surface area contributed by atoms with Crippen LogP contribution < -0.4 is 4.90 Å². The van der Waals surface area contributed by atoms with E-state index in [-0.39, 0.29) is 6.54 Å². The van der Waals surface area contributed by atoms with Gasteiger partial charge in [0.1, 0.15) is 6.54 Å². The summed E-state index contributed by atoms with van der Waals surface area (Å²) in [5.74, 6) is -1.30. The topological polar surface area (TPSA) is 63.7 Å². The van der Waals surface area contributed by atoms with Gasteiger partial charge in [-0.05, 0) is 24.5 Å². The van der Waals surface area contributed by atoms with Crippen molar-refractivity contribution < 1.29 is 19.1 Å². The number of benzene rings is 1. The predicted octanol–water partition coefficient (Wildman–Crippen LogP) is 1.81. The minimum atomic E-state index is -0.674. The molecule has 106 valence electrons. The summed E-state index contributed by atoms with van der Waals surface area (Å²) in [4.78, 5) is 36.5. The lowest BCUT2D eigenvalue weighted by Gasteiger charge is -2.15. The van der Waals surface area contributed by atoms with Crippen molar-refractivity contribution >= 4 is 23.3 Å². The maximum Gasteiger partial charge on any atom is 0.326 e. The number of para-hydroxylation sites is 1. The fourth-order valence-corrected chi connectivity index (χ4v) is 1.99. The van der Waals surface area contributed by atoms with Gasteiger partial charge >= 0.3 is 5.97 Å². The van der Waals surface area contributed by atoms with E-state index in [1.807, 2.05) is 13.8 Å². The number of ketones is 1. The number of amides is 1. The Morgan fingerprint density at radius 2 is 1.95 bits per heavy atom. The highest BCUT2D eigenvalue weighted by atomic mass is 16.5. The van der Waals surface area contributed by atoms with E-state index in [0.717, 1.165) is 6.42 Å². The second-order valence-corrected chi connectivity index (χ2v) is 5.14. The Morgan fingerprint density at radius 1 is 1.25 bits per heavy atom. The molecule has 0 spiro atoms. The van der Waals surface area contributed by atoms with Gasteiger partial charge in [-0.3, -0.25) is 19.3 Å². The number of ether oxygens (including phenoxy) is 1. The van der Waals surface area contributed by atoms with Crippen LogP contribution in [0, 0.1) is 5.92 Å². The molecule has 1 aliphatic rings. The lowest BCUT2D eigenvalue weighted by molar-refractivity contribution is -0.142. The van der Waals surface area contributed by atoms with E-state index in [1.165, 1.54) is 4.90 Å². The minimum Gasteiger partial charge on any atom is -0.464 e. The van der Waals surface area contributed by atoms with Crippen LogP contribution in [-0.4, -0.2) is 30.8 Å². The zero-order chi connectivity index (χ0) is 14.7.